The van der Waals surface area contributed by atoms with Gasteiger partial charge >= 0.3 is 5.97 Å². The Bertz CT molecular complexity index is 1440. The molecule has 212 valence electrons. The number of nitrogens with zero attached hydrogens (tertiary/aromatic N) is 3. The van der Waals surface area contributed by atoms with Crippen LogP contribution in [0.1, 0.15) is 50.4 Å². The molecule has 0 radical (unpaired) electrons. The van der Waals surface area contributed by atoms with Crippen LogP contribution in [0.4, 0.5) is 0 Å². The second kappa shape index (κ2) is 13.0. The van der Waals surface area contributed by atoms with E-state index >= 15 is 0 Å². The molecular formula is C28H33N5O6S. The Balaban J connectivity index is 1.37. The Morgan fingerprint density at radius 2 is 1.88 bits per heavy atom. The molecule has 0 spiro atoms. The number of hydrogen-bond donors (Lipinski definition) is 3. The lowest BCUT2D eigenvalue weighted by atomic mass is 10.0. The van der Waals surface area contributed by atoms with Crippen molar-refractivity contribution in [2.24, 2.45) is 0 Å². The summed E-state index contributed by atoms with van der Waals surface area (Å²) >= 11 is 0. The molecule has 0 saturated carbocycles. The Kier molecular flexibility index (Phi) is 9.43. The number of carbonyl (C=O) groups is 2. The average Bonchev–Trinajstić information content (AvgIpc) is 3.62. The van der Waals surface area contributed by atoms with E-state index in [1.54, 1.807) is 49.4 Å². The van der Waals surface area contributed by atoms with Gasteiger partial charge in [0.1, 0.15) is 12.1 Å². The van der Waals surface area contributed by atoms with Gasteiger partial charge in [0, 0.05) is 30.7 Å². The molecule has 1 amide bonds. The second-order valence-corrected chi connectivity index (χ2v) is 11.8. The number of carboxylic acids is 1. The zero-order chi connectivity index (χ0) is 28.7. The first-order valence-electron chi connectivity index (χ1n) is 13.2. The van der Waals surface area contributed by atoms with Crippen LogP contribution in [0.15, 0.2) is 64.0 Å². The molecule has 1 fully saturated rings. The lowest BCUT2D eigenvalue weighted by Crippen LogP contribution is -2.51. The van der Waals surface area contributed by atoms with E-state index in [9.17, 15) is 23.1 Å². The van der Waals surface area contributed by atoms with Crippen molar-refractivity contribution in [1.29, 1.82) is 5.41 Å². The third-order valence-electron chi connectivity index (χ3n) is 6.78. The van der Waals surface area contributed by atoms with E-state index in [0.717, 1.165) is 23.6 Å². The predicted octanol–water partition coefficient (Wildman–Crippen LogP) is 3.45. The zero-order valence-electron chi connectivity index (χ0n) is 22.2. The maximum atomic E-state index is 13.1. The molecule has 0 aliphatic carbocycles. The molecule has 0 unspecified atom stereocenters. The SMILES string of the molecule is CC(=N)CCCCc1noc(-c2ccc(C[C@H](NC(=O)[C@@H]3CCCN3S(=O)(=O)c3ccccc3)C(=O)O)cc2)n1. The summed E-state index contributed by atoms with van der Waals surface area (Å²) in [6.45, 7) is 1.97. The van der Waals surface area contributed by atoms with Crippen molar-refractivity contribution in [3.8, 4) is 11.5 Å². The van der Waals surface area contributed by atoms with E-state index in [4.69, 9.17) is 9.93 Å². The monoisotopic (exact) mass is 567 g/mol. The molecule has 1 aliphatic rings. The quantitative estimate of drug-likeness (QED) is 0.209. The van der Waals surface area contributed by atoms with Crippen LogP contribution in [0.3, 0.4) is 0 Å². The number of aryl methyl sites for hydroxylation is 1. The maximum Gasteiger partial charge on any atom is 0.326 e. The van der Waals surface area contributed by atoms with Crippen LogP contribution in [0.5, 0.6) is 0 Å². The number of hydrogen-bond acceptors (Lipinski definition) is 8. The maximum absolute atomic E-state index is 13.1. The highest BCUT2D eigenvalue weighted by atomic mass is 32.2. The average molecular weight is 568 g/mol. The van der Waals surface area contributed by atoms with Crippen molar-refractivity contribution < 1.29 is 27.6 Å². The van der Waals surface area contributed by atoms with Crippen LogP contribution < -0.4 is 5.32 Å². The van der Waals surface area contributed by atoms with Gasteiger partial charge in [-0.15, -0.1) is 0 Å². The summed E-state index contributed by atoms with van der Waals surface area (Å²) in [5.41, 5.74) is 2.00. The minimum Gasteiger partial charge on any atom is -0.480 e. The highest BCUT2D eigenvalue weighted by Gasteiger charge is 2.40. The molecule has 1 saturated heterocycles. The van der Waals surface area contributed by atoms with Gasteiger partial charge in [0.2, 0.25) is 15.9 Å². The van der Waals surface area contributed by atoms with E-state index in [2.05, 4.69) is 15.5 Å². The summed E-state index contributed by atoms with van der Waals surface area (Å²) in [5.74, 6) is -0.901. The summed E-state index contributed by atoms with van der Waals surface area (Å²) in [6.07, 6.45) is 3.97. The first kappa shape index (κ1) is 29.1. The normalized spacial score (nSPS) is 16.5. The first-order valence-corrected chi connectivity index (χ1v) is 14.6. The summed E-state index contributed by atoms with van der Waals surface area (Å²) in [5, 5.41) is 23.8. The number of rotatable bonds is 13. The van der Waals surface area contributed by atoms with Gasteiger partial charge in [-0.3, -0.25) is 4.79 Å². The molecule has 40 heavy (non-hydrogen) atoms. The summed E-state index contributed by atoms with van der Waals surface area (Å²) in [4.78, 5) is 29.6. The van der Waals surface area contributed by atoms with Crippen molar-refractivity contribution in [2.45, 2.75) is 68.8 Å². The number of benzene rings is 2. The smallest absolute Gasteiger partial charge is 0.326 e. The van der Waals surface area contributed by atoms with Crippen molar-refractivity contribution in [2.75, 3.05) is 6.54 Å². The largest absolute Gasteiger partial charge is 0.480 e. The number of nitrogens with one attached hydrogen (secondary N) is 2. The van der Waals surface area contributed by atoms with Crippen molar-refractivity contribution in [3.63, 3.8) is 0 Å². The van der Waals surface area contributed by atoms with E-state index < -0.39 is 34.0 Å². The third-order valence-corrected chi connectivity index (χ3v) is 8.70. The molecule has 3 N–H and O–H groups in total. The molecule has 11 nitrogen and oxygen atoms in total. The Labute approximate surface area is 233 Å². The van der Waals surface area contributed by atoms with Gasteiger partial charge in [0.15, 0.2) is 5.82 Å². The number of amides is 1. The number of aromatic nitrogens is 2. The van der Waals surface area contributed by atoms with Crippen LogP contribution >= 0.6 is 0 Å². The van der Waals surface area contributed by atoms with Crippen LogP contribution in [0.2, 0.25) is 0 Å². The standard InChI is InChI=1S/C28H33N5O6S/c1-19(29)8-5-6-12-25-31-27(39-32-25)21-15-13-20(14-16-21)18-23(28(35)36)30-26(34)24-11-7-17-33(24)40(37,38)22-9-3-2-4-10-22/h2-4,9-10,13-16,23-24,29H,5-8,11-12,17-18H2,1H3,(H,30,34)(H,35,36)/t23-,24-/m0/s1. The van der Waals surface area contributed by atoms with Gasteiger partial charge in [-0.05, 0) is 68.9 Å². The molecule has 2 heterocycles. The molecule has 12 heteroatoms. The lowest BCUT2D eigenvalue weighted by Gasteiger charge is -2.25. The Morgan fingerprint density at radius 1 is 1.15 bits per heavy atom. The second-order valence-electron chi connectivity index (χ2n) is 9.89. The number of carboxylic acid groups (broad SMARTS) is 1. The third kappa shape index (κ3) is 7.19. The van der Waals surface area contributed by atoms with E-state index in [1.807, 2.05) is 0 Å². The van der Waals surface area contributed by atoms with Crippen LogP contribution in [0.25, 0.3) is 11.5 Å². The number of aliphatic carboxylic acids is 1. The fourth-order valence-corrected chi connectivity index (χ4v) is 6.33. The lowest BCUT2D eigenvalue weighted by molar-refractivity contribution is -0.142. The van der Waals surface area contributed by atoms with Gasteiger partial charge in [0.25, 0.3) is 5.89 Å². The van der Waals surface area contributed by atoms with Crippen molar-refractivity contribution in [3.05, 3.63) is 66.0 Å². The van der Waals surface area contributed by atoms with E-state index in [-0.39, 0.29) is 17.9 Å². The van der Waals surface area contributed by atoms with Crippen LogP contribution in [-0.2, 0) is 32.5 Å². The Morgan fingerprint density at radius 3 is 2.55 bits per heavy atom. The molecule has 1 aliphatic heterocycles. The molecule has 3 aromatic rings. The highest BCUT2D eigenvalue weighted by molar-refractivity contribution is 7.89. The van der Waals surface area contributed by atoms with Crippen LogP contribution in [-0.4, -0.2) is 64.2 Å². The molecule has 4 rings (SSSR count). The topological polar surface area (TPSA) is 167 Å². The minimum atomic E-state index is -3.89. The molecule has 2 aromatic carbocycles. The van der Waals surface area contributed by atoms with Crippen molar-refractivity contribution >= 4 is 27.6 Å². The predicted molar refractivity (Wildman–Crippen MR) is 147 cm³/mol. The molecule has 0 bridgehead atoms. The van der Waals surface area contributed by atoms with Gasteiger partial charge in [-0.1, -0.05) is 35.5 Å². The fraction of sp³-hybridized carbons (Fsp3) is 0.393. The summed E-state index contributed by atoms with van der Waals surface area (Å²) in [7, 11) is -3.89. The van der Waals surface area contributed by atoms with Gasteiger partial charge in [-0.2, -0.15) is 9.29 Å². The number of sulfonamides is 1. The minimum absolute atomic E-state index is 0.0149. The molecular weight excluding hydrogens is 534 g/mol. The molecule has 1 aromatic heterocycles. The summed E-state index contributed by atoms with van der Waals surface area (Å²) < 4.78 is 32.7. The fourth-order valence-electron chi connectivity index (χ4n) is 4.65. The zero-order valence-corrected chi connectivity index (χ0v) is 23.1. The van der Waals surface area contributed by atoms with Crippen LogP contribution in [0, 0.1) is 5.41 Å². The molecule has 2 atom stereocenters. The van der Waals surface area contributed by atoms with E-state index in [0.29, 0.717) is 47.8 Å². The van der Waals surface area contributed by atoms with Gasteiger partial charge in [-0.25, -0.2) is 13.2 Å². The van der Waals surface area contributed by atoms with Gasteiger partial charge < -0.3 is 20.4 Å². The highest BCUT2D eigenvalue weighted by Crippen LogP contribution is 2.26. The van der Waals surface area contributed by atoms with Crippen molar-refractivity contribution in [1.82, 2.24) is 19.8 Å². The Hall–Kier alpha value is -3.90. The van der Waals surface area contributed by atoms with E-state index in [1.165, 1.54) is 12.1 Å². The summed E-state index contributed by atoms with van der Waals surface area (Å²) in [6, 6.07) is 12.6. The number of carbonyl (C=O) groups excluding carboxylic acids is 1. The number of unbranched alkanes of at least 4 members (excludes halogenated alkanes) is 1. The van der Waals surface area contributed by atoms with Gasteiger partial charge in [0.05, 0.1) is 4.90 Å². The first-order chi connectivity index (χ1) is 19.1.